The Morgan fingerprint density at radius 3 is 2.43 bits per heavy atom. The highest BCUT2D eigenvalue weighted by molar-refractivity contribution is 5.98. The lowest BCUT2D eigenvalue weighted by Gasteiger charge is -2.21. The maximum atomic E-state index is 11.3. The smallest absolute Gasteiger partial charge is 0.411 e. The first-order valence-electron chi connectivity index (χ1n) is 6.93. The standard InChI is InChI=1S/C15H23N3O3/c1-5-20-11-14(16-3)18(4)13-9-7-12(8-10-13)17-15(19)21-6-2/h7-10H,5-6,11H2,1-4H3,(H,17,19). The van der Waals surface area contributed by atoms with Crippen molar-refractivity contribution in [2.24, 2.45) is 4.99 Å². The van der Waals surface area contributed by atoms with E-state index in [1.165, 1.54) is 0 Å². The summed E-state index contributed by atoms with van der Waals surface area (Å²) in [4.78, 5) is 17.5. The number of rotatable bonds is 6. The molecule has 0 aliphatic rings. The Balaban J connectivity index is 2.70. The van der Waals surface area contributed by atoms with E-state index < -0.39 is 6.09 Å². The summed E-state index contributed by atoms with van der Waals surface area (Å²) in [7, 11) is 3.66. The summed E-state index contributed by atoms with van der Waals surface area (Å²) in [5.74, 6) is 0.836. The van der Waals surface area contributed by atoms with Gasteiger partial charge in [0.05, 0.1) is 6.61 Å². The van der Waals surface area contributed by atoms with Crippen molar-refractivity contribution in [2.45, 2.75) is 13.8 Å². The third-order valence-electron chi connectivity index (χ3n) is 2.86. The number of amides is 1. The molecule has 0 aromatic heterocycles. The quantitative estimate of drug-likeness (QED) is 0.647. The van der Waals surface area contributed by atoms with E-state index >= 15 is 0 Å². The topological polar surface area (TPSA) is 63.2 Å². The summed E-state index contributed by atoms with van der Waals surface area (Å²) >= 11 is 0. The van der Waals surface area contributed by atoms with E-state index in [4.69, 9.17) is 9.47 Å². The molecular weight excluding hydrogens is 270 g/mol. The number of ether oxygens (including phenoxy) is 2. The zero-order valence-electron chi connectivity index (χ0n) is 13.0. The van der Waals surface area contributed by atoms with Crippen molar-refractivity contribution in [3.05, 3.63) is 24.3 Å². The van der Waals surface area contributed by atoms with Gasteiger partial charge < -0.3 is 14.4 Å². The summed E-state index contributed by atoms with van der Waals surface area (Å²) < 4.78 is 10.2. The van der Waals surface area contributed by atoms with Gasteiger partial charge in [-0.25, -0.2) is 4.79 Å². The number of carbonyl (C=O) groups is 1. The Morgan fingerprint density at radius 1 is 1.24 bits per heavy atom. The van der Waals surface area contributed by atoms with Crippen LogP contribution in [-0.4, -0.2) is 45.8 Å². The molecule has 0 bridgehead atoms. The second-order valence-corrected chi connectivity index (χ2v) is 4.23. The average molecular weight is 293 g/mol. The zero-order valence-corrected chi connectivity index (χ0v) is 13.0. The molecule has 0 fully saturated rings. The van der Waals surface area contributed by atoms with E-state index in [-0.39, 0.29) is 0 Å². The minimum Gasteiger partial charge on any atom is -0.450 e. The van der Waals surface area contributed by atoms with Crippen LogP contribution in [0, 0.1) is 0 Å². The summed E-state index contributed by atoms with van der Waals surface area (Å²) in [5.41, 5.74) is 1.65. The van der Waals surface area contributed by atoms with Crippen molar-refractivity contribution in [1.29, 1.82) is 0 Å². The minimum absolute atomic E-state index is 0.348. The van der Waals surface area contributed by atoms with Gasteiger partial charge in [-0.2, -0.15) is 0 Å². The van der Waals surface area contributed by atoms with Gasteiger partial charge in [-0.3, -0.25) is 10.3 Å². The summed E-state index contributed by atoms with van der Waals surface area (Å²) in [5, 5.41) is 2.65. The van der Waals surface area contributed by atoms with E-state index in [1.54, 1.807) is 14.0 Å². The molecule has 116 valence electrons. The first kappa shape index (κ1) is 17.0. The van der Waals surface area contributed by atoms with Crippen molar-refractivity contribution in [2.75, 3.05) is 44.1 Å². The Hall–Kier alpha value is -2.08. The predicted molar refractivity (Wildman–Crippen MR) is 85.3 cm³/mol. The molecule has 0 saturated carbocycles. The van der Waals surface area contributed by atoms with Crippen LogP contribution in [-0.2, 0) is 9.47 Å². The molecule has 0 atom stereocenters. The number of nitrogens with zero attached hydrogens (tertiary/aromatic N) is 2. The summed E-state index contributed by atoms with van der Waals surface area (Å²) in [6.45, 7) is 5.17. The van der Waals surface area contributed by atoms with Gasteiger partial charge in [0, 0.05) is 32.1 Å². The number of amidine groups is 1. The third-order valence-corrected chi connectivity index (χ3v) is 2.86. The molecule has 1 N–H and O–H groups in total. The second-order valence-electron chi connectivity index (χ2n) is 4.23. The highest BCUT2D eigenvalue weighted by Crippen LogP contribution is 2.17. The van der Waals surface area contributed by atoms with E-state index in [0.717, 1.165) is 11.5 Å². The van der Waals surface area contributed by atoms with Gasteiger partial charge in [0.2, 0.25) is 0 Å². The molecule has 1 aromatic rings. The molecule has 0 aliphatic heterocycles. The molecular formula is C15H23N3O3. The van der Waals surface area contributed by atoms with Crippen LogP contribution in [0.3, 0.4) is 0 Å². The maximum absolute atomic E-state index is 11.3. The fraction of sp³-hybridized carbons (Fsp3) is 0.467. The monoisotopic (exact) mass is 293 g/mol. The molecule has 6 heteroatoms. The Kier molecular flexibility index (Phi) is 7.25. The first-order chi connectivity index (χ1) is 10.1. The van der Waals surface area contributed by atoms with Crippen molar-refractivity contribution >= 4 is 23.3 Å². The highest BCUT2D eigenvalue weighted by Gasteiger charge is 2.09. The van der Waals surface area contributed by atoms with Crippen LogP contribution in [0.4, 0.5) is 16.2 Å². The fourth-order valence-corrected chi connectivity index (χ4v) is 1.71. The lowest BCUT2D eigenvalue weighted by molar-refractivity contribution is 0.168. The molecule has 0 spiro atoms. The van der Waals surface area contributed by atoms with E-state index in [9.17, 15) is 4.79 Å². The van der Waals surface area contributed by atoms with Crippen LogP contribution in [0.1, 0.15) is 13.8 Å². The largest absolute Gasteiger partial charge is 0.450 e. The molecule has 0 saturated heterocycles. The van der Waals surface area contributed by atoms with E-state index in [1.807, 2.05) is 43.1 Å². The lowest BCUT2D eigenvalue weighted by Crippen LogP contribution is -2.30. The van der Waals surface area contributed by atoms with E-state index in [2.05, 4.69) is 10.3 Å². The van der Waals surface area contributed by atoms with E-state index in [0.29, 0.717) is 25.5 Å². The van der Waals surface area contributed by atoms with Crippen molar-refractivity contribution in [1.82, 2.24) is 0 Å². The average Bonchev–Trinajstić information content (AvgIpc) is 2.48. The van der Waals surface area contributed by atoms with Gasteiger partial charge in [-0.1, -0.05) is 0 Å². The van der Waals surface area contributed by atoms with Gasteiger partial charge in [0.15, 0.2) is 0 Å². The van der Waals surface area contributed by atoms with Crippen LogP contribution >= 0.6 is 0 Å². The van der Waals surface area contributed by atoms with Gasteiger partial charge in [0.1, 0.15) is 12.4 Å². The molecule has 1 aromatic carbocycles. The highest BCUT2D eigenvalue weighted by atomic mass is 16.5. The number of anilines is 2. The Morgan fingerprint density at radius 2 is 1.90 bits per heavy atom. The van der Waals surface area contributed by atoms with Crippen molar-refractivity contribution in [3.8, 4) is 0 Å². The lowest BCUT2D eigenvalue weighted by atomic mass is 10.2. The number of benzene rings is 1. The van der Waals surface area contributed by atoms with Crippen LogP contribution in [0.2, 0.25) is 0 Å². The SMILES string of the molecule is CCOCC(=NC)N(C)c1ccc(NC(=O)OCC)cc1. The molecule has 0 radical (unpaired) electrons. The number of hydrogen-bond donors (Lipinski definition) is 1. The predicted octanol–water partition coefficient (Wildman–Crippen LogP) is 2.76. The molecule has 0 heterocycles. The normalized spacial score (nSPS) is 11.1. The van der Waals surface area contributed by atoms with Crippen LogP contribution in [0.25, 0.3) is 0 Å². The Labute approximate surface area is 125 Å². The zero-order chi connectivity index (χ0) is 15.7. The summed E-state index contributed by atoms with van der Waals surface area (Å²) in [6.07, 6.45) is -0.453. The molecule has 0 aliphatic carbocycles. The van der Waals surface area contributed by atoms with Crippen LogP contribution in [0.5, 0.6) is 0 Å². The fourth-order valence-electron chi connectivity index (χ4n) is 1.71. The van der Waals surface area contributed by atoms with Crippen molar-refractivity contribution < 1.29 is 14.3 Å². The minimum atomic E-state index is -0.453. The molecule has 21 heavy (non-hydrogen) atoms. The number of hydrogen-bond acceptors (Lipinski definition) is 4. The summed E-state index contributed by atoms with van der Waals surface area (Å²) in [6, 6.07) is 7.44. The number of aliphatic imine (C=N–C) groups is 1. The molecule has 1 amide bonds. The van der Waals surface area contributed by atoms with Gasteiger partial charge in [-0.15, -0.1) is 0 Å². The first-order valence-corrected chi connectivity index (χ1v) is 6.93. The van der Waals surface area contributed by atoms with Crippen LogP contribution < -0.4 is 10.2 Å². The number of carbonyl (C=O) groups excluding carboxylic acids is 1. The van der Waals surface area contributed by atoms with Gasteiger partial charge in [-0.05, 0) is 38.1 Å². The molecule has 6 nitrogen and oxygen atoms in total. The van der Waals surface area contributed by atoms with Gasteiger partial charge in [0.25, 0.3) is 0 Å². The maximum Gasteiger partial charge on any atom is 0.411 e. The number of nitrogens with one attached hydrogen (secondary N) is 1. The third kappa shape index (κ3) is 5.43. The Bertz CT molecular complexity index is 472. The molecule has 0 unspecified atom stereocenters. The second kappa shape index (κ2) is 8.97. The van der Waals surface area contributed by atoms with Crippen LogP contribution in [0.15, 0.2) is 29.3 Å². The molecule has 1 rings (SSSR count). The van der Waals surface area contributed by atoms with Gasteiger partial charge >= 0.3 is 6.09 Å². The van der Waals surface area contributed by atoms with Crippen molar-refractivity contribution in [3.63, 3.8) is 0 Å². The number of likely N-dealkylation sites (N-methyl/N-ethyl adjacent to an activating group) is 1.